The number of carbonyl (C=O) groups is 1. The Morgan fingerprint density at radius 1 is 1.23 bits per heavy atom. The highest BCUT2D eigenvalue weighted by Crippen LogP contribution is 2.50. The lowest BCUT2D eigenvalue weighted by atomic mass is 9.76. The Labute approximate surface area is 192 Å². The maximum absolute atomic E-state index is 14.9. The van der Waals surface area contributed by atoms with Crippen LogP contribution >= 0.6 is 23.2 Å². The van der Waals surface area contributed by atoms with E-state index in [-0.39, 0.29) is 28.3 Å². The van der Waals surface area contributed by atoms with Crippen LogP contribution in [0.1, 0.15) is 63.5 Å². The second-order valence-electron chi connectivity index (χ2n) is 9.02. The molecule has 0 aliphatic heterocycles. The van der Waals surface area contributed by atoms with E-state index in [0.717, 1.165) is 38.5 Å². The second kappa shape index (κ2) is 9.29. The van der Waals surface area contributed by atoms with Crippen molar-refractivity contribution in [1.82, 2.24) is 15.5 Å². The van der Waals surface area contributed by atoms with Crippen LogP contribution in [0.4, 0.5) is 10.2 Å². The molecule has 0 saturated heterocycles. The van der Waals surface area contributed by atoms with Gasteiger partial charge in [-0.15, -0.1) is 5.10 Å². The fourth-order valence-electron chi connectivity index (χ4n) is 5.07. The summed E-state index contributed by atoms with van der Waals surface area (Å²) in [6, 6.07) is 6.11. The number of halogens is 3. The molecule has 0 unspecified atom stereocenters. The molecule has 2 aliphatic carbocycles. The largest absolute Gasteiger partial charge is 0.366 e. The highest BCUT2D eigenvalue weighted by Gasteiger charge is 2.42. The molecule has 2 fully saturated rings. The second-order valence-corrected chi connectivity index (χ2v) is 9.80. The maximum atomic E-state index is 14.9. The van der Waals surface area contributed by atoms with E-state index in [9.17, 15) is 9.18 Å². The zero-order chi connectivity index (χ0) is 22.0. The van der Waals surface area contributed by atoms with Gasteiger partial charge in [0.1, 0.15) is 11.6 Å². The maximum Gasteiger partial charge on any atom is 0.223 e. The van der Waals surface area contributed by atoms with Crippen molar-refractivity contribution in [3.63, 3.8) is 0 Å². The SMILES string of the molecule is CC1([C@@H](NC(=O)[C@H]2CC[C@@H](Nc3cccnn3)C2)c2c(F)ccc(Cl)c2Cl)CCCC1. The molecule has 0 radical (unpaired) electrons. The minimum atomic E-state index is -0.513. The van der Waals surface area contributed by atoms with Gasteiger partial charge in [-0.1, -0.05) is 43.0 Å². The fraction of sp³-hybridized carbons (Fsp3) is 0.522. The highest BCUT2D eigenvalue weighted by molar-refractivity contribution is 6.42. The Morgan fingerprint density at radius 3 is 2.71 bits per heavy atom. The molecule has 0 bridgehead atoms. The summed E-state index contributed by atoms with van der Waals surface area (Å²) in [5.74, 6) is 0.0684. The van der Waals surface area contributed by atoms with Crippen molar-refractivity contribution in [2.45, 2.75) is 64.0 Å². The summed E-state index contributed by atoms with van der Waals surface area (Å²) >= 11 is 12.7. The van der Waals surface area contributed by atoms with Gasteiger partial charge in [0.15, 0.2) is 0 Å². The van der Waals surface area contributed by atoms with Crippen molar-refractivity contribution in [2.24, 2.45) is 11.3 Å². The Kier molecular flexibility index (Phi) is 6.68. The zero-order valence-electron chi connectivity index (χ0n) is 17.5. The number of aromatic nitrogens is 2. The summed E-state index contributed by atoms with van der Waals surface area (Å²) < 4.78 is 14.9. The molecule has 5 nitrogen and oxygen atoms in total. The van der Waals surface area contributed by atoms with E-state index in [0.29, 0.717) is 22.8 Å². The standard InChI is InChI=1S/C23H27Cl2FN4O/c1-23(10-2-3-11-23)21(19-17(26)9-8-16(24)20(19)25)29-22(31)14-6-7-15(13-14)28-18-5-4-12-27-30-18/h4-5,8-9,12,14-15,21H,2-3,6-7,10-11,13H2,1H3,(H,28,30)(H,29,31)/t14-,15+,21-/m0/s1. The minimum Gasteiger partial charge on any atom is -0.366 e. The van der Waals surface area contributed by atoms with Crippen molar-refractivity contribution >= 4 is 34.9 Å². The molecule has 1 amide bonds. The molecule has 0 spiro atoms. The first-order valence-corrected chi connectivity index (χ1v) is 11.6. The first kappa shape index (κ1) is 22.3. The predicted octanol–water partition coefficient (Wildman–Crippen LogP) is 5.94. The van der Waals surface area contributed by atoms with Crippen LogP contribution in [0.5, 0.6) is 0 Å². The molecular weight excluding hydrogens is 438 g/mol. The Morgan fingerprint density at radius 2 is 2.00 bits per heavy atom. The number of hydrogen-bond donors (Lipinski definition) is 2. The Balaban J connectivity index is 1.51. The smallest absolute Gasteiger partial charge is 0.223 e. The molecule has 1 aromatic heterocycles. The minimum absolute atomic E-state index is 0.0583. The molecule has 1 aromatic carbocycles. The normalized spacial score (nSPS) is 23.5. The molecule has 2 saturated carbocycles. The Hall–Kier alpha value is -1.92. The monoisotopic (exact) mass is 464 g/mol. The average Bonchev–Trinajstić information content (AvgIpc) is 3.41. The van der Waals surface area contributed by atoms with Crippen molar-refractivity contribution in [3.05, 3.63) is 51.9 Å². The van der Waals surface area contributed by atoms with Crippen LogP contribution in [0, 0.1) is 17.2 Å². The summed E-state index contributed by atoms with van der Waals surface area (Å²) in [5, 5.41) is 14.9. The van der Waals surface area contributed by atoms with Crippen molar-refractivity contribution < 1.29 is 9.18 Å². The highest BCUT2D eigenvalue weighted by atomic mass is 35.5. The summed E-state index contributed by atoms with van der Waals surface area (Å²) in [6.45, 7) is 2.11. The topological polar surface area (TPSA) is 66.9 Å². The van der Waals surface area contributed by atoms with Crippen molar-refractivity contribution in [1.29, 1.82) is 0 Å². The molecule has 1 heterocycles. The van der Waals surface area contributed by atoms with E-state index in [1.807, 2.05) is 12.1 Å². The lowest BCUT2D eigenvalue weighted by Crippen LogP contribution is -2.41. The third kappa shape index (κ3) is 4.80. The molecule has 4 rings (SSSR count). The van der Waals surface area contributed by atoms with Crippen LogP contribution in [-0.4, -0.2) is 22.1 Å². The lowest BCUT2D eigenvalue weighted by molar-refractivity contribution is -0.126. The van der Waals surface area contributed by atoms with E-state index in [1.165, 1.54) is 12.1 Å². The number of amides is 1. The van der Waals surface area contributed by atoms with Crippen molar-refractivity contribution in [3.8, 4) is 0 Å². The number of nitrogens with zero attached hydrogens (tertiary/aromatic N) is 2. The molecular formula is C23H27Cl2FN4O. The van der Waals surface area contributed by atoms with Crippen LogP contribution in [-0.2, 0) is 4.79 Å². The predicted molar refractivity (Wildman–Crippen MR) is 121 cm³/mol. The first-order chi connectivity index (χ1) is 14.9. The van der Waals surface area contributed by atoms with Gasteiger partial charge in [0.25, 0.3) is 0 Å². The van der Waals surface area contributed by atoms with Crippen LogP contribution in [0.25, 0.3) is 0 Å². The van der Waals surface area contributed by atoms with Crippen LogP contribution in [0.15, 0.2) is 30.5 Å². The molecule has 2 aliphatic rings. The Bertz CT molecular complexity index is 937. The van der Waals surface area contributed by atoms with Crippen LogP contribution in [0.2, 0.25) is 10.0 Å². The van der Waals surface area contributed by atoms with E-state index in [4.69, 9.17) is 23.2 Å². The average molecular weight is 465 g/mol. The number of hydrogen-bond acceptors (Lipinski definition) is 4. The van der Waals surface area contributed by atoms with Gasteiger partial charge >= 0.3 is 0 Å². The molecule has 166 valence electrons. The number of benzene rings is 1. The number of carbonyl (C=O) groups excluding carboxylic acids is 1. The van der Waals surface area contributed by atoms with E-state index >= 15 is 0 Å². The third-order valence-electron chi connectivity index (χ3n) is 6.83. The summed E-state index contributed by atoms with van der Waals surface area (Å²) in [6.07, 6.45) is 7.86. The quantitative estimate of drug-likeness (QED) is 0.518. The number of nitrogens with one attached hydrogen (secondary N) is 2. The molecule has 3 atom stereocenters. The van der Waals surface area contributed by atoms with Gasteiger partial charge in [-0.2, -0.15) is 5.10 Å². The van der Waals surface area contributed by atoms with Gasteiger partial charge in [-0.25, -0.2) is 4.39 Å². The van der Waals surface area contributed by atoms with Gasteiger partial charge in [0, 0.05) is 23.7 Å². The summed E-state index contributed by atoms with van der Waals surface area (Å²) in [4.78, 5) is 13.3. The molecule has 31 heavy (non-hydrogen) atoms. The van der Waals surface area contributed by atoms with E-state index < -0.39 is 11.9 Å². The molecule has 2 N–H and O–H groups in total. The van der Waals surface area contributed by atoms with Gasteiger partial charge < -0.3 is 10.6 Å². The van der Waals surface area contributed by atoms with Gasteiger partial charge in [-0.3, -0.25) is 4.79 Å². The molecule has 2 aromatic rings. The fourth-order valence-corrected chi connectivity index (χ4v) is 5.50. The number of anilines is 1. The van der Waals surface area contributed by atoms with Crippen LogP contribution in [0.3, 0.4) is 0 Å². The van der Waals surface area contributed by atoms with E-state index in [1.54, 1.807) is 6.20 Å². The zero-order valence-corrected chi connectivity index (χ0v) is 19.0. The summed E-state index contributed by atoms with van der Waals surface area (Å²) in [7, 11) is 0. The van der Waals surface area contributed by atoms with E-state index in [2.05, 4.69) is 27.8 Å². The lowest BCUT2D eigenvalue weighted by Gasteiger charge is -2.36. The van der Waals surface area contributed by atoms with Gasteiger partial charge in [0.2, 0.25) is 5.91 Å². The van der Waals surface area contributed by atoms with Crippen molar-refractivity contribution in [2.75, 3.05) is 5.32 Å². The van der Waals surface area contributed by atoms with Gasteiger partial charge in [-0.05, 0) is 61.8 Å². The first-order valence-electron chi connectivity index (χ1n) is 10.9. The summed E-state index contributed by atoms with van der Waals surface area (Å²) in [5.41, 5.74) is 0.0416. The number of rotatable bonds is 6. The van der Waals surface area contributed by atoms with Gasteiger partial charge in [0.05, 0.1) is 16.1 Å². The molecule has 8 heteroatoms. The third-order valence-corrected chi connectivity index (χ3v) is 7.64. The van der Waals surface area contributed by atoms with Crippen LogP contribution < -0.4 is 10.6 Å².